The molecule has 0 saturated carbocycles. The average molecular weight is 371 g/mol. The highest BCUT2D eigenvalue weighted by Crippen LogP contribution is 2.23. The van der Waals surface area contributed by atoms with Gasteiger partial charge in [0.2, 0.25) is 11.1 Å². The first-order valence-electron chi connectivity index (χ1n) is 6.21. The Morgan fingerprint density at radius 1 is 1.26 bits per heavy atom. The molecule has 0 aliphatic heterocycles. The first kappa shape index (κ1) is 15.8. The van der Waals surface area contributed by atoms with Gasteiger partial charge in [-0.1, -0.05) is 35.0 Å². The third-order valence-electron chi connectivity index (χ3n) is 2.62. The minimum atomic E-state index is -0.378. The monoisotopic (exact) mass is 370 g/mol. The van der Waals surface area contributed by atoms with Crippen LogP contribution >= 0.6 is 35.0 Å². The summed E-state index contributed by atoms with van der Waals surface area (Å²) in [7, 11) is 0. The van der Waals surface area contributed by atoms with Crippen molar-refractivity contribution in [1.82, 2.24) is 24.8 Å². The number of benzene rings is 1. The number of hydrogen-bond donors (Lipinski definition) is 2. The van der Waals surface area contributed by atoms with E-state index in [2.05, 4.69) is 25.6 Å². The molecule has 0 spiro atoms. The molecule has 0 unspecified atom stereocenters. The number of carbonyl (C=O) groups is 1. The molecule has 1 amide bonds. The van der Waals surface area contributed by atoms with Crippen LogP contribution in [-0.2, 0) is 4.79 Å². The fourth-order valence-electron chi connectivity index (χ4n) is 1.74. The maximum Gasteiger partial charge on any atom is 0.271 e. The molecule has 2 N–H and O–H groups in total. The molecule has 0 fully saturated rings. The number of amides is 1. The molecule has 1 aromatic carbocycles. The predicted molar refractivity (Wildman–Crippen MR) is 87.2 cm³/mol. The van der Waals surface area contributed by atoms with Crippen LogP contribution in [0.3, 0.4) is 0 Å². The first-order valence-corrected chi connectivity index (χ1v) is 7.95. The molecule has 0 bridgehead atoms. The summed E-state index contributed by atoms with van der Waals surface area (Å²) in [5, 5.41) is 15.4. The molecule has 2 heterocycles. The zero-order valence-corrected chi connectivity index (χ0v) is 13.6. The maximum absolute atomic E-state index is 12.0. The van der Waals surface area contributed by atoms with Crippen LogP contribution in [0.1, 0.15) is 0 Å². The molecule has 0 aliphatic rings. The summed E-state index contributed by atoms with van der Waals surface area (Å²) in [5.41, 5.74) is 0.124. The summed E-state index contributed by atoms with van der Waals surface area (Å²) in [4.78, 5) is 25.6. The van der Waals surface area contributed by atoms with Crippen molar-refractivity contribution >= 4 is 52.3 Å². The van der Waals surface area contributed by atoms with Gasteiger partial charge >= 0.3 is 0 Å². The third-order valence-corrected chi connectivity index (χ3v) is 3.97. The Hall–Kier alpha value is -2.10. The highest BCUT2D eigenvalue weighted by molar-refractivity contribution is 7.99. The Bertz CT molecular complexity index is 920. The smallest absolute Gasteiger partial charge is 0.271 e. The molecule has 0 radical (unpaired) electrons. The summed E-state index contributed by atoms with van der Waals surface area (Å²) < 4.78 is 1.34. The van der Waals surface area contributed by atoms with E-state index in [0.717, 1.165) is 18.0 Å². The summed E-state index contributed by atoms with van der Waals surface area (Å²) >= 11 is 12.9. The van der Waals surface area contributed by atoms with Crippen LogP contribution in [-0.4, -0.2) is 36.5 Å². The minimum Gasteiger partial charge on any atom is -0.325 e. The number of nitrogens with one attached hydrogen (secondary N) is 2. The fourth-order valence-corrected chi connectivity index (χ4v) is 2.96. The topological polar surface area (TPSA) is 105 Å². The normalized spacial score (nSPS) is 10.9. The van der Waals surface area contributed by atoms with Gasteiger partial charge in [-0.3, -0.25) is 14.6 Å². The summed E-state index contributed by atoms with van der Waals surface area (Å²) in [6, 6.07) is 4.76. The highest BCUT2D eigenvalue weighted by Gasteiger charge is 2.11. The number of anilines is 1. The Morgan fingerprint density at radius 2 is 2.00 bits per heavy atom. The second kappa shape index (κ2) is 6.57. The second-order valence-corrected chi connectivity index (χ2v) is 6.16. The first-order chi connectivity index (χ1) is 11.0. The largest absolute Gasteiger partial charge is 0.325 e. The minimum absolute atomic E-state index is 0.0751. The lowest BCUT2D eigenvalue weighted by Crippen LogP contribution is -2.14. The number of hydrogen-bond acceptors (Lipinski definition) is 6. The quantitative estimate of drug-likeness (QED) is 0.679. The highest BCUT2D eigenvalue weighted by atomic mass is 35.5. The standard InChI is InChI=1S/C12H8Cl2N6O2S/c13-6-1-7(14)3-8(2-6)16-10(22)5-23-12-19-18-11-17-9(21)4-15-20(11)12/h1-4H,5H2,(H,16,22)(H,17,18,21). The maximum atomic E-state index is 12.0. The van der Waals surface area contributed by atoms with Gasteiger partial charge in [0.1, 0.15) is 6.20 Å². The van der Waals surface area contributed by atoms with Gasteiger partial charge < -0.3 is 5.32 Å². The van der Waals surface area contributed by atoms with Gasteiger partial charge in [-0.15, -0.1) is 10.2 Å². The van der Waals surface area contributed by atoms with Crippen molar-refractivity contribution in [3.05, 3.63) is 44.8 Å². The van der Waals surface area contributed by atoms with E-state index >= 15 is 0 Å². The summed E-state index contributed by atoms with van der Waals surface area (Å²) in [5.74, 6) is 0.0164. The molecule has 3 aromatic rings. The number of carbonyl (C=O) groups excluding carboxylic acids is 1. The molecular formula is C12H8Cl2N6O2S. The van der Waals surface area contributed by atoms with E-state index in [-0.39, 0.29) is 23.0 Å². The van der Waals surface area contributed by atoms with Gasteiger partial charge in [-0.2, -0.15) is 9.61 Å². The number of aromatic amines is 1. The summed E-state index contributed by atoms with van der Waals surface area (Å²) in [6.45, 7) is 0. The number of halogens is 2. The van der Waals surface area contributed by atoms with E-state index in [1.807, 2.05) is 0 Å². The van der Waals surface area contributed by atoms with Gasteiger partial charge in [0.05, 0.1) is 5.75 Å². The van der Waals surface area contributed by atoms with E-state index in [4.69, 9.17) is 23.2 Å². The van der Waals surface area contributed by atoms with Crippen molar-refractivity contribution in [2.24, 2.45) is 0 Å². The van der Waals surface area contributed by atoms with E-state index in [1.54, 1.807) is 18.2 Å². The Morgan fingerprint density at radius 3 is 2.74 bits per heavy atom. The molecule has 2 aromatic heterocycles. The van der Waals surface area contributed by atoms with E-state index in [0.29, 0.717) is 20.9 Å². The van der Waals surface area contributed by atoms with Gasteiger partial charge in [-0.05, 0) is 18.2 Å². The Kier molecular flexibility index (Phi) is 4.51. The molecule has 0 aliphatic carbocycles. The van der Waals surface area contributed by atoms with Crippen LogP contribution < -0.4 is 10.9 Å². The molecule has 8 nitrogen and oxygen atoms in total. The van der Waals surface area contributed by atoms with Gasteiger partial charge in [0.25, 0.3) is 11.3 Å². The lowest BCUT2D eigenvalue weighted by molar-refractivity contribution is -0.113. The van der Waals surface area contributed by atoms with E-state index < -0.39 is 0 Å². The van der Waals surface area contributed by atoms with Gasteiger partial charge in [-0.25, -0.2) is 0 Å². The zero-order chi connectivity index (χ0) is 16.4. The number of rotatable bonds is 4. The van der Waals surface area contributed by atoms with E-state index in [1.165, 1.54) is 4.52 Å². The molecule has 3 rings (SSSR count). The van der Waals surface area contributed by atoms with Crippen LogP contribution in [0.2, 0.25) is 10.0 Å². The zero-order valence-electron chi connectivity index (χ0n) is 11.3. The van der Waals surface area contributed by atoms with Crippen molar-refractivity contribution in [2.75, 3.05) is 11.1 Å². The fraction of sp³-hybridized carbons (Fsp3) is 0.0833. The molecule has 118 valence electrons. The molecular weight excluding hydrogens is 363 g/mol. The lowest BCUT2D eigenvalue weighted by atomic mass is 10.3. The Labute approximate surface area is 143 Å². The molecule has 0 saturated heterocycles. The number of fused-ring (bicyclic) bond motifs is 1. The number of thioether (sulfide) groups is 1. The molecule has 23 heavy (non-hydrogen) atoms. The van der Waals surface area contributed by atoms with Crippen LogP contribution in [0.4, 0.5) is 5.69 Å². The van der Waals surface area contributed by atoms with Crippen molar-refractivity contribution in [3.8, 4) is 0 Å². The van der Waals surface area contributed by atoms with E-state index in [9.17, 15) is 9.59 Å². The van der Waals surface area contributed by atoms with Crippen molar-refractivity contribution in [2.45, 2.75) is 5.16 Å². The second-order valence-electron chi connectivity index (χ2n) is 4.35. The molecule has 0 atom stereocenters. The van der Waals surface area contributed by atoms with Crippen LogP contribution in [0.5, 0.6) is 0 Å². The number of H-pyrrole nitrogens is 1. The van der Waals surface area contributed by atoms with Crippen molar-refractivity contribution in [3.63, 3.8) is 0 Å². The van der Waals surface area contributed by atoms with Crippen molar-refractivity contribution in [1.29, 1.82) is 0 Å². The van der Waals surface area contributed by atoms with Crippen LogP contribution in [0.25, 0.3) is 5.78 Å². The summed E-state index contributed by atoms with van der Waals surface area (Å²) in [6.07, 6.45) is 1.11. The number of nitrogens with zero attached hydrogens (tertiary/aromatic N) is 4. The van der Waals surface area contributed by atoms with Crippen LogP contribution in [0.15, 0.2) is 34.3 Å². The SMILES string of the molecule is O=C(CSc1nnc2[nH]c(=O)cnn12)Nc1cc(Cl)cc(Cl)c1. The Balaban J connectivity index is 1.67. The molecule has 11 heteroatoms. The third kappa shape index (κ3) is 3.81. The van der Waals surface area contributed by atoms with Gasteiger partial charge in [0.15, 0.2) is 0 Å². The van der Waals surface area contributed by atoms with Crippen LogP contribution in [0, 0.1) is 0 Å². The van der Waals surface area contributed by atoms with Crippen molar-refractivity contribution < 1.29 is 4.79 Å². The predicted octanol–water partition coefficient (Wildman–Crippen LogP) is 1.85. The number of aromatic nitrogens is 5. The lowest BCUT2D eigenvalue weighted by Gasteiger charge is -2.05. The average Bonchev–Trinajstić information content (AvgIpc) is 2.86. The van der Waals surface area contributed by atoms with Gasteiger partial charge in [0, 0.05) is 15.7 Å².